The maximum atomic E-state index is 5.02. The van der Waals surface area contributed by atoms with Crippen LogP contribution in [0.1, 0.15) is 10.6 Å². The van der Waals surface area contributed by atoms with Gasteiger partial charge in [0.15, 0.2) is 5.96 Å². The quantitative estimate of drug-likeness (QED) is 0.488. The van der Waals surface area contributed by atoms with Gasteiger partial charge in [-0.1, -0.05) is 30.3 Å². The van der Waals surface area contributed by atoms with Gasteiger partial charge in [0.05, 0.1) is 18.8 Å². The van der Waals surface area contributed by atoms with E-state index in [0.29, 0.717) is 13.2 Å². The number of hydrogen-bond donors (Lipinski definition) is 2. The van der Waals surface area contributed by atoms with Gasteiger partial charge in [0, 0.05) is 31.1 Å². The summed E-state index contributed by atoms with van der Waals surface area (Å²) in [6.45, 7) is 4.13. The molecule has 6 heteroatoms. The van der Waals surface area contributed by atoms with Gasteiger partial charge in [0.2, 0.25) is 0 Å². The Balaban J connectivity index is 1.97. The second-order valence-electron chi connectivity index (χ2n) is 4.74. The Kier molecular flexibility index (Phi) is 6.36. The van der Waals surface area contributed by atoms with Crippen molar-refractivity contribution in [3.8, 4) is 10.6 Å². The molecule has 2 N–H and O–H groups in total. The van der Waals surface area contributed by atoms with E-state index in [1.54, 1.807) is 25.5 Å². The molecule has 0 spiro atoms. The van der Waals surface area contributed by atoms with Crippen molar-refractivity contribution in [2.24, 2.45) is 4.99 Å². The highest BCUT2D eigenvalue weighted by atomic mass is 32.1. The Labute approximate surface area is 135 Å². The number of benzene rings is 1. The van der Waals surface area contributed by atoms with Gasteiger partial charge in [0.25, 0.3) is 0 Å². The van der Waals surface area contributed by atoms with E-state index in [2.05, 4.69) is 32.7 Å². The number of ether oxygens (including phenoxy) is 1. The molecular weight excluding hydrogens is 296 g/mol. The lowest BCUT2D eigenvalue weighted by Crippen LogP contribution is -2.38. The minimum Gasteiger partial charge on any atom is -0.383 e. The predicted octanol–water partition coefficient (Wildman–Crippen LogP) is 2.43. The molecule has 0 unspecified atom stereocenters. The zero-order valence-corrected chi connectivity index (χ0v) is 14.0. The van der Waals surface area contributed by atoms with Gasteiger partial charge in [-0.25, -0.2) is 4.98 Å². The van der Waals surface area contributed by atoms with E-state index in [1.807, 2.05) is 25.1 Å². The Bertz CT molecular complexity index is 610. The first kappa shape index (κ1) is 16.5. The molecule has 118 valence electrons. The van der Waals surface area contributed by atoms with Crippen molar-refractivity contribution in [3.63, 3.8) is 0 Å². The van der Waals surface area contributed by atoms with Crippen LogP contribution in [0.4, 0.5) is 0 Å². The van der Waals surface area contributed by atoms with Crippen molar-refractivity contribution in [1.29, 1.82) is 0 Å². The molecule has 0 aliphatic heterocycles. The molecule has 0 amide bonds. The molecule has 0 aliphatic carbocycles. The van der Waals surface area contributed by atoms with Crippen LogP contribution in [0.15, 0.2) is 35.3 Å². The second kappa shape index (κ2) is 8.51. The van der Waals surface area contributed by atoms with Gasteiger partial charge in [-0.2, -0.15) is 0 Å². The molecule has 0 saturated heterocycles. The van der Waals surface area contributed by atoms with Crippen LogP contribution in [0.3, 0.4) is 0 Å². The van der Waals surface area contributed by atoms with E-state index in [1.165, 1.54) is 4.88 Å². The Morgan fingerprint density at radius 1 is 1.27 bits per heavy atom. The third-order valence-corrected chi connectivity index (χ3v) is 4.36. The van der Waals surface area contributed by atoms with Gasteiger partial charge in [-0.05, 0) is 6.92 Å². The minimum absolute atomic E-state index is 0.651. The fourth-order valence-electron chi connectivity index (χ4n) is 1.95. The summed E-state index contributed by atoms with van der Waals surface area (Å²) in [6.07, 6.45) is 0. The van der Waals surface area contributed by atoms with Crippen molar-refractivity contribution in [2.75, 3.05) is 27.3 Å². The molecule has 2 rings (SSSR count). The highest BCUT2D eigenvalue weighted by molar-refractivity contribution is 7.15. The molecule has 1 aromatic heterocycles. The van der Waals surface area contributed by atoms with Crippen LogP contribution >= 0.6 is 11.3 Å². The van der Waals surface area contributed by atoms with Gasteiger partial charge in [-0.15, -0.1) is 11.3 Å². The van der Waals surface area contributed by atoms with Crippen LogP contribution in [0, 0.1) is 6.92 Å². The van der Waals surface area contributed by atoms with Crippen molar-refractivity contribution in [2.45, 2.75) is 13.5 Å². The number of methoxy groups -OCH3 is 1. The number of thiazole rings is 1. The third-order valence-electron chi connectivity index (χ3n) is 3.15. The summed E-state index contributed by atoms with van der Waals surface area (Å²) in [5.41, 5.74) is 2.22. The lowest BCUT2D eigenvalue weighted by atomic mass is 10.2. The normalized spacial score (nSPS) is 11.5. The van der Waals surface area contributed by atoms with Crippen LogP contribution in [0.25, 0.3) is 10.6 Å². The molecule has 0 aliphatic rings. The molecule has 0 fully saturated rings. The first-order chi connectivity index (χ1) is 10.7. The fourth-order valence-corrected chi connectivity index (χ4v) is 2.96. The summed E-state index contributed by atoms with van der Waals surface area (Å²) in [5, 5.41) is 7.55. The predicted molar refractivity (Wildman–Crippen MR) is 92.4 cm³/mol. The van der Waals surface area contributed by atoms with E-state index in [9.17, 15) is 0 Å². The lowest BCUT2D eigenvalue weighted by molar-refractivity contribution is 0.203. The van der Waals surface area contributed by atoms with E-state index in [-0.39, 0.29) is 0 Å². The molecule has 0 bridgehead atoms. The van der Waals surface area contributed by atoms with Crippen molar-refractivity contribution in [3.05, 3.63) is 40.9 Å². The summed E-state index contributed by atoms with van der Waals surface area (Å²) in [4.78, 5) is 10.1. The second-order valence-corrected chi connectivity index (χ2v) is 5.82. The molecule has 0 radical (unpaired) electrons. The molecular formula is C16H22N4OS. The van der Waals surface area contributed by atoms with E-state index < -0.39 is 0 Å². The zero-order chi connectivity index (χ0) is 15.8. The smallest absolute Gasteiger partial charge is 0.191 e. The van der Waals surface area contributed by atoms with Crippen LogP contribution in [-0.4, -0.2) is 38.3 Å². The number of hydrogen-bond acceptors (Lipinski definition) is 4. The van der Waals surface area contributed by atoms with Crippen LogP contribution < -0.4 is 10.6 Å². The maximum absolute atomic E-state index is 5.02. The van der Waals surface area contributed by atoms with Crippen molar-refractivity contribution in [1.82, 2.24) is 15.6 Å². The molecule has 5 nitrogen and oxygen atoms in total. The van der Waals surface area contributed by atoms with E-state index in [0.717, 1.165) is 28.8 Å². The van der Waals surface area contributed by atoms with Gasteiger partial charge in [0.1, 0.15) is 5.01 Å². The SMILES string of the molecule is CN=C(NCCOC)NCc1sc(-c2ccccc2)nc1C. The molecule has 22 heavy (non-hydrogen) atoms. The number of aryl methyl sites for hydroxylation is 1. The first-order valence-corrected chi connectivity index (χ1v) is 8.01. The summed E-state index contributed by atoms with van der Waals surface area (Å²) in [7, 11) is 3.45. The van der Waals surface area contributed by atoms with Crippen molar-refractivity contribution >= 4 is 17.3 Å². The number of nitrogens with one attached hydrogen (secondary N) is 2. The third kappa shape index (κ3) is 4.54. The van der Waals surface area contributed by atoms with Gasteiger partial charge in [-0.3, -0.25) is 4.99 Å². The molecule has 1 aromatic carbocycles. The van der Waals surface area contributed by atoms with E-state index in [4.69, 9.17) is 4.74 Å². The molecule has 0 atom stereocenters. The number of guanidine groups is 1. The highest BCUT2D eigenvalue weighted by Crippen LogP contribution is 2.27. The summed E-state index contributed by atoms with van der Waals surface area (Å²) in [6, 6.07) is 10.3. The molecule has 0 saturated carbocycles. The first-order valence-electron chi connectivity index (χ1n) is 7.19. The zero-order valence-electron chi connectivity index (χ0n) is 13.2. The summed E-state index contributed by atoms with van der Waals surface area (Å²) >= 11 is 1.71. The molecule has 2 aromatic rings. The van der Waals surface area contributed by atoms with Crippen molar-refractivity contribution < 1.29 is 4.74 Å². The number of aromatic nitrogens is 1. The standard InChI is InChI=1S/C16H22N4OS/c1-12-14(11-19-16(17-2)18-9-10-21-3)22-15(20-12)13-7-5-4-6-8-13/h4-8H,9-11H2,1-3H3,(H2,17,18,19). The lowest BCUT2D eigenvalue weighted by Gasteiger charge is -2.10. The Hall–Kier alpha value is -1.92. The van der Waals surface area contributed by atoms with Gasteiger partial charge < -0.3 is 15.4 Å². The minimum atomic E-state index is 0.651. The fraction of sp³-hybridized carbons (Fsp3) is 0.375. The van der Waals surface area contributed by atoms with Crippen LogP contribution in [0.2, 0.25) is 0 Å². The average Bonchev–Trinajstić information content (AvgIpc) is 2.93. The maximum Gasteiger partial charge on any atom is 0.191 e. The largest absolute Gasteiger partial charge is 0.383 e. The number of nitrogens with zero attached hydrogens (tertiary/aromatic N) is 2. The summed E-state index contributed by atoms with van der Waals surface area (Å²) < 4.78 is 5.02. The van der Waals surface area contributed by atoms with Crippen LogP contribution in [0.5, 0.6) is 0 Å². The molecule has 1 heterocycles. The Morgan fingerprint density at radius 3 is 2.73 bits per heavy atom. The van der Waals surface area contributed by atoms with Crippen LogP contribution in [-0.2, 0) is 11.3 Å². The topological polar surface area (TPSA) is 58.5 Å². The van der Waals surface area contributed by atoms with Gasteiger partial charge >= 0.3 is 0 Å². The monoisotopic (exact) mass is 318 g/mol. The average molecular weight is 318 g/mol. The number of aliphatic imine (C=N–C) groups is 1. The van der Waals surface area contributed by atoms with E-state index >= 15 is 0 Å². The highest BCUT2D eigenvalue weighted by Gasteiger charge is 2.09. The number of rotatable bonds is 6. The summed E-state index contributed by atoms with van der Waals surface area (Å²) in [5.74, 6) is 0.770. The Morgan fingerprint density at radius 2 is 2.05 bits per heavy atom.